The smallest absolute Gasteiger partial charge is 0.163 e. The molecular formula is C23H27N5. The molecule has 1 saturated heterocycles. The lowest BCUT2D eigenvalue weighted by Crippen LogP contribution is -2.17. The van der Waals surface area contributed by atoms with Gasteiger partial charge in [0.2, 0.25) is 0 Å². The highest BCUT2D eigenvalue weighted by Gasteiger charge is 2.12. The summed E-state index contributed by atoms with van der Waals surface area (Å²) in [4.78, 5) is 11.9. The fourth-order valence-corrected chi connectivity index (χ4v) is 3.45. The van der Waals surface area contributed by atoms with E-state index in [1.165, 1.54) is 18.5 Å². The third kappa shape index (κ3) is 4.42. The molecule has 1 fully saturated rings. The number of anilines is 4. The molecule has 1 aliphatic rings. The second-order valence-electron chi connectivity index (χ2n) is 7.12. The van der Waals surface area contributed by atoms with Crippen LogP contribution in [0.2, 0.25) is 0 Å². The van der Waals surface area contributed by atoms with E-state index in [0.29, 0.717) is 0 Å². The van der Waals surface area contributed by atoms with E-state index in [0.717, 1.165) is 54.8 Å². The highest BCUT2D eigenvalue weighted by atomic mass is 15.1. The largest absolute Gasteiger partial charge is 0.372 e. The van der Waals surface area contributed by atoms with Crippen LogP contribution >= 0.6 is 0 Å². The molecule has 0 bridgehead atoms. The molecular weight excluding hydrogens is 346 g/mol. The summed E-state index contributed by atoms with van der Waals surface area (Å²) in [6.45, 7) is 5.35. The van der Waals surface area contributed by atoms with Crippen LogP contribution in [0.3, 0.4) is 0 Å². The van der Waals surface area contributed by atoms with E-state index in [-0.39, 0.29) is 0 Å². The minimum absolute atomic E-state index is 0.720. The van der Waals surface area contributed by atoms with E-state index in [4.69, 9.17) is 4.98 Å². The first kappa shape index (κ1) is 18.3. The first-order chi connectivity index (χ1) is 13.8. The molecule has 0 unspecified atom stereocenters. The average molecular weight is 374 g/mol. The van der Waals surface area contributed by atoms with Crippen molar-refractivity contribution in [2.75, 3.05) is 35.2 Å². The van der Waals surface area contributed by atoms with Crippen LogP contribution < -0.4 is 15.5 Å². The molecule has 0 saturated carbocycles. The number of nitrogens with one attached hydrogen (secondary N) is 2. The summed E-state index contributed by atoms with van der Waals surface area (Å²) in [6, 6.07) is 20.7. The van der Waals surface area contributed by atoms with Crippen LogP contribution in [0, 0.1) is 0 Å². The van der Waals surface area contributed by atoms with Gasteiger partial charge in [0.1, 0.15) is 11.6 Å². The Balaban J connectivity index is 1.57. The molecule has 2 aromatic carbocycles. The maximum absolute atomic E-state index is 4.73. The van der Waals surface area contributed by atoms with Crippen LogP contribution in [-0.2, 0) is 0 Å². The molecule has 5 heteroatoms. The minimum atomic E-state index is 0.720. The quantitative estimate of drug-likeness (QED) is 0.588. The molecule has 0 radical (unpaired) electrons. The van der Waals surface area contributed by atoms with E-state index in [2.05, 4.69) is 51.7 Å². The maximum Gasteiger partial charge on any atom is 0.163 e. The lowest BCUT2D eigenvalue weighted by atomic mass is 10.2. The Morgan fingerprint density at radius 2 is 1.61 bits per heavy atom. The zero-order chi connectivity index (χ0) is 19.2. The SMILES string of the molecule is CCCNc1cc(Nc2ccc(N3CCCC3)cc2)nc(-c2ccccc2)n1. The van der Waals surface area contributed by atoms with Gasteiger partial charge in [0, 0.05) is 42.6 Å². The zero-order valence-electron chi connectivity index (χ0n) is 16.4. The van der Waals surface area contributed by atoms with Crippen LogP contribution in [0.25, 0.3) is 11.4 Å². The van der Waals surface area contributed by atoms with Crippen LogP contribution in [-0.4, -0.2) is 29.6 Å². The van der Waals surface area contributed by atoms with Crippen molar-refractivity contribution in [3.8, 4) is 11.4 Å². The van der Waals surface area contributed by atoms with Gasteiger partial charge in [-0.15, -0.1) is 0 Å². The Kier molecular flexibility index (Phi) is 5.71. The van der Waals surface area contributed by atoms with Gasteiger partial charge < -0.3 is 15.5 Å². The van der Waals surface area contributed by atoms with Gasteiger partial charge in [0.25, 0.3) is 0 Å². The van der Waals surface area contributed by atoms with Crippen molar-refractivity contribution in [2.45, 2.75) is 26.2 Å². The number of hydrogen-bond acceptors (Lipinski definition) is 5. The predicted octanol–water partition coefficient (Wildman–Crippen LogP) is 5.31. The molecule has 4 rings (SSSR count). The number of nitrogens with zero attached hydrogens (tertiary/aromatic N) is 3. The van der Waals surface area contributed by atoms with Crippen molar-refractivity contribution in [2.24, 2.45) is 0 Å². The van der Waals surface area contributed by atoms with Crippen molar-refractivity contribution in [1.29, 1.82) is 0 Å². The van der Waals surface area contributed by atoms with E-state index in [1.807, 2.05) is 36.4 Å². The molecule has 144 valence electrons. The second kappa shape index (κ2) is 8.74. The molecule has 1 aromatic heterocycles. The highest BCUT2D eigenvalue weighted by Crippen LogP contribution is 2.25. The third-order valence-electron chi connectivity index (χ3n) is 4.93. The van der Waals surface area contributed by atoms with Crippen LogP contribution in [0.15, 0.2) is 60.7 Å². The maximum atomic E-state index is 4.73. The normalized spacial score (nSPS) is 13.5. The third-order valence-corrected chi connectivity index (χ3v) is 4.93. The molecule has 0 amide bonds. The fourth-order valence-electron chi connectivity index (χ4n) is 3.45. The van der Waals surface area contributed by atoms with Crippen molar-refractivity contribution < 1.29 is 0 Å². The van der Waals surface area contributed by atoms with Crippen LogP contribution in [0.5, 0.6) is 0 Å². The van der Waals surface area contributed by atoms with Crippen LogP contribution in [0.1, 0.15) is 26.2 Å². The first-order valence-corrected chi connectivity index (χ1v) is 10.1. The van der Waals surface area contributed by atoms with Gasteiger partial charge >= 0.3 is 0 Å². The Morgan fingerprint density at radius 3 is 2.32 bits per heavy atom. The van der Waals surface area contributed by atoms with Crippen molar-refractivity contribution in [1.82, 2.24) is 9.97 Å². The Bertz CT molecular complexity index is 887. The molecule has 0 aliphatic carbocycles. The molecule has 0 atom stereocenters. The lowest BCUT2D eigenvalue weighted by Gasteiger charge is -2.18. The van der Waals surface area contributed by atoms with Gasteiger partial charge in [-0.05, 0) is 43.5 Å². The average Bonchev–Trinajstić information content (AvgIpc) is 3.28. The van der Waals surface area contributed by atoms with Crippen LogP contribution in [0.4, 0.5) is 23.0 Å². The monoisotopic (exact) mass is 373 g/mol. The summed E-state index contributed by atoms with van der Waals surface area (Å²) in [6.07, 6.45) is 3.62. The second-order valence-corrected chi connectivity index (χ2v) is 7.12. The number of rotatable bonds is 7. The van der Waals surface area contributed by atoms with Gasteiger partial charge in [-0.3, -0.25) is 0 Å². The Labute approximate surface area is 166 Å². The summed E-state index contributed by atoms with van der Waals surface area (Å²) >= 11 is 0. The summed E-state index contributed by atoms with van der Waals surface area (Å²) in [5.41, 5.74) is 3.33. The summed E-state index contributed by atoms with van der Waals surface area (Å²) < 4.78 is 0. The van der Waals surface area contributed by atoms with Gasteiger partial charge in [-0.1, -0.05) is 37.3 Å². The van der Waals surface area contributed by atoms with Crippen molar-refractivity contribution >= 4 is 23.0 Å². The molecule has 28 heavy (non-hydrogen) atoms. The first-order valence-electron chi connectivity index (χ1n) is 10.1. The summed E-state index contributed by atoms with van der Waals surface area (Å²) in [7, 11) is 0. The molecule has 5 nitrogen and oxygen atoms in total. The number of aromatic nitrogens is 2. The predicted molar refractivity (Wildman–Crippen MR) is 117 cm³/mol. The number of benzene rings is 2. The molecule has 1 aliphatic heterocycles. The van der Waals surface area contributed by atoms with Gasteiger partial charge in [0.15, 0.2) is 5.82 Å². The van der Waals surface area contributed by atoms with Gasteiger partial charge in [0.05, 0.1) is 0 Å². The highest BCUT2D eigenvalue weighted by molar-refractivity contribution is 5.66. The summed E-state index contributed by atoms with van der Waals surface area (Å²) in [5.74, 6) is 2.35. The van der Waals surface area contributed by atoms with Gasteiger partial charge in [-0.25, -0.2) is 9.97 Å². The Hall–Kier alpha value is -3.08. The Morgan fingerprint density at radius 1 is 0.893 bits per heavy atom. The lowest BCUT2D eigenvalue weighted by molar-refractivity contribution is 0.949. The van der Waals surface area contributed by atoms with E-state index < -0.39 is 0 Å². The topological polar surface area (TPSA) is 53.1 Å². The standard InChI is InChI=1S/C23H27N5/c1-2-14-24-21-17-22(27-23(26-21)18-8-4-3-5-9-18)25-19-10-12-20(13-11-19)28-15-6-7-16-28/h3-5,8-13,17H,2,6-7,14-16H2,1H3,(H2,24,25,26,27). The van der Waals surface area contributed by atoms with Gasteiger partial charge in [-0.2, -0.15) is 0 Å². The fraction of sp³-hybridized carbons (Fsp3) is 0.304. The van der Waals surface area contributed by atoms with E-state index in [9.17, 15) is 0 Å². The minimum Gasteiger partial charge on any atom is -0.372 e. The van der Waals surface area contributed by atoms with Crippen molar-refractivity contribution in [3.63, 3.8) is 0 Å². The van der Waals surface area contributed by atoms with Crippen molar-refractivity contribution in [3.05, 3.63) is 60.7 Å². The molecule has 3 aromatic rings. The molecule has 2 N–H and O–H groups in total. The summed E-state index contributed by atoms with van der Waals surface area (Å²) in [5, 5.41) is 6.82. The molecule has 0 spiro atoms. The van der Waals surface area contributed by atoms with E-state index >= 15 is 0 Å². The zero-order valence-corrected chi connectivity index (χ0v) is 16.4. The van der Waals surface area contributed by atoms with E-state index in [1.54, 1.807) is 0 Å². The number of hydrogen-bond donors (Lipinski definition) is 2. The molecule has 2 heterocycles.